The second-order valence-electron chi connectivity index (χ2n) is 8.17. The summed E-state index contributed by atoms with van der Waals surface area (Å²) in [6, 6.07) is 0. The Balaban J connectivity index is 2.17. The fraction of sp³-hybridized carbons (Fsp3) is 0.875. The van der Waals surface area contributed by atoms with E-state index in [1.54, 1.807) is 0 Å². The molecule has 0 aliphatic carbocycles. The van der Waals surface area contributed by atoms with Crippen molar-refractivity contribution in [2.75, 3.05) is 66.5 Å². The minimum atomic E-state index is -1.56. The van der Waals surface area contributed by atoms with Crippen LogP contribution in [0, 0.1) is 0 Å². The Bertz CT molecular complexity index is 350. The maximum Gasteiger partial charge on any atom is 0.201 e. The summed E-state index contributed by atoms with van der Waals surface area (Å²) in [5.41, 5.74) is 3.74. The molecule has 0 amide bonds. The molecule has 0 aromatic heterocycles. The van der Waals surface area contributed by atoms with Gasteiger partial charge < -0.3 is 18.9 Å². The molecule has 0 atom stereocenters. The topological polar surface area (TPSA) is 13.0 Å². The zero-order chi connectivity index (χ0) is 16.4. The largest absolute Gasteiger partial charge is 0.309 e. The fourth-order valence-corrected chi connectivity index (χ4v) is 15.9. The van der Waals surface area contributed by atoms with Gasteiger partial charge in [-0.1, -0.05) is 13.1 Å². The Hall–Kier alpha value is 0.0138. The molecule has 22 heavy (non-hydrogen) atoms. The van der Waals surface area contributed by atoms with E-state index in [4.69, 9.17) is 0 Å². The Morgan fingerprint density at radius 1 is 0.773 bits per heavy atom. The predicted molar refractivity (Wildman–Crippen MR) is 102 cm³/mol. The number of piperazine rings is 2. The average Bonchev–Trinajstić information content (AvgIpc) is 2.48. The van der Waals surface area contributed by atoms with Gasteiger partial charge in [0, 0.05) is 52.4 Å². The molecule has 6 heteroatoms. The van der Waals surface area contributed by atoms with Gasteiger partial charge in [-0.15, -0.1) is 12.3 Å². The lowest BCUT2D eigenvalue weighted by Gasteiger charge is -2.53. The summed E-state index contributed by atoms with van der Waals surface area (Å²) in [5.74, 6) is 0. The Morgan fingerprint density at radius 3 is 1.45 bits per heavy atom. The monoisotopic (exact) mass is 340 g/mol. The van der Waals surface area contributed by atoms with Crippen molar-refractivity contribution in [3.8, 4) is 0 Å². The summed E-state index contributed by atoms with van der Waals surface area (Å²) in [6.07, 6.45) is 0. The van der Waals surface area contributed by atoms with Crippen LogP contribution in [0.25, 0.3) is 0 Å². The van der Waals surface area contributed by atoms with Crippen molar-refractivity contribution in [3.05, 3.63) is 12.3 Å². The van der Waals surface area contributed by atoms with Crippen molar-refractivity contribution in [1.29, 1.82) is 0 Å². The van der Waals surface area contributed by atoms with Crippen molar-refractivity contribution in [3.63, 3.8) is 0 Å². The van der Waals surface area contributed by atoms with Gasteiger partial charge in [-0.3, -0.25) is 0 Å². The van der Waals surface area contributed by atoms with Gasteiger partial charge in [0.15, 0.2) is 0 Å². The summed E-state index contributed by atoms with van der Waals surface area (Å²) in [4.78, 5) is 4.96. The first kappa shape index (κ1) is 18.4. The average molecular weight is 341 g/mol. The molecule has 0 aromatic rings. The highest BCUT2D eigenvalue weighted by Gasteiger charge is 2.45. The van der Waals surface area contributed by atoms with E-state index in [1.165, 1.54) is 58.0 Å². The van der Waals surface area contributed by atoms with Crippen LogP contribution < -0.4 is 0 Å². The van der Waals surface area contributed by atoms with E-state index in [-0.39, 0.29) is 0 Å². The van der Waals surface area contributed by atoms with E-state index < -0.39 is 16.5 Å². The van der Waals surface area contributed by atoms with E-state index in [0.29, 0.717) is 0 Å². The van der Waals surface area contributed by atoms with Gasteiger partial charge in [0.1, 0.15) is 0 Å². The van der Waals surface area contributed by atoms with Gasteiger partial charge in [0.05, 0.1) is 8.07 Å². The Labute approximate surface area is 139 Å². The first-order valence-corrected chi connectivity index (χ1v) is 14.7. The van der Waals surface area contributed by atoms with Crippen LogP contribution in [0.2, 0.25) is 25.3 Å². The summed E-state index contributed by atoms with van der Waals surface area (Å²) < 4.78 is 5.80. The lowest BCUT2D eigenvalue weighted by Crippen LogP contribution is -2.71. The van der Waals surface area contributed by atoms with Crippen LogP contribution in [0.15, 0.2) is 12.3 Å². The molecule has 0 unspecified atom stereocenters. The van der Waals surface area contributed by atoms with Crippen LogP contribution in [0.1, 0.15) is 0 Å². The van der Waals surface area contributed by atoms with Crippen molar-refractivity contribution in [1.82, 2.24) is 18.9 Å². The molecular formula is C16H36N4Si2. The van der Waals surface area contributed by atoms with Gasteiger partial charge in [-0.05, 0) is 26.3 Å². The first-order valence-electron chi connectivity index (χ1n) is 8.78. The second kappa shape index (κ2) is 7.28. The van der Waals surface area contributed by atoms with Crippen molar-refractivity contribution >= 4 is 16.5 Å². The minimum absolute atomic E-state index is 1.23. The van der Waals surface area contributed by atoms with Gasteiger partial charge in [-0.2, -0.15) is 0 Å². The van der Waals surface area contributed by atoms with Gasteiger partial charge in [0.25, 0.3) is 0 Å². The van der Waals surface area contributed by atoms with E-state index >= 15 is 0 Å². The van der Waals surface area contributed by atoms with Crippen molar-refractivity contribution in [2.24, 2.45) is 0 Å². The fourth-order valence-electron chi connectivity index (χ4n) is 3.94. The van der Waals surface area contributed by atoms with Crippen LogP contribution in [0.5, 0.6) is 0 Å². The van der Waals surface area contributed by atoms with Crippen LogP contribution in [0.4, 0.5) is 0 Å². The second-order valence-corrected chi connectivity index (χ2v) is 17.7. The SMILES string of the molecule is C=C[Si](C)(C)C[Si](C)(N1CCN(C)CC1)N1CCN(C)CC1. The number of hydrogen-bond donors (Lipinski definition) is 0. The molecule has 2 heterocycles. The predicted octanol–water partition coefficient (Wildman–Crippen LogP) is 1.53. The third-order valence-corrected chi connectivity index (χ3v) is 16.8. The molecule has 0 aromatic carbocycles. The molecule has 2 aliphatic rings. The van der Waals surface area contributed by atoms with E-state index in [1.807, 2.05) is 0 Å². The molecule has 0 N–H and O–H groups in total. The molecule has 2 aliphatic heterocycles. The molecule has 4 nitrogen and oxygen atoms in total. The maximum absolute atomic E-state index is 4.16. The number of hydrogen-bond acceptors (Lipinski definition) is 4. The number of likely N-dealkylation sites (N-methyl/N-ethyl adjacent to an activating group) is 2. The van der Waals surface area contributed by atoms with Crippen LogP contribution >= 0.6 is 0 Å². The molecule has 128 valence electrons. The standard InChI is InChI=1S/C16H36N4Si2/c1-7-21(4,5)16-22(6,19-12-8-17(2)9-13-19)20-14-10-18(3)11-15-20/h7H,1,8-16H2,2-6H3. The zero-order valence-electron chi connectivity index (χ0n) is 15.4. The molecule has 2 fully saturated rings. The van der Waals surface area contributed by atoms with Crippen LogP contribution in [-0.2, 0) is 0 Å². The van der Waals surface area contributed by atoms with Gasteiger partial charge >= 0.3 is 0 Å². The number of nitrogens with zero attached hydrogens (tertiary/aromatic N) is 4. The lowest BCUT2D eigenvalue weighted by molar-refractivity contribution is 0.172. The van der Waals surface area contributed by atoms with Gasteiger partial charge in [0.2, 0.25) is 8.40 Å². The highest BCUT2D eigenvalue weighted by atomic mass is 28.4. The zero-order valence-corrected chi connectivity index (χ0v) is 17.4. The van der Waals surface area contributed by atoms with E-state index in [2.05, 4.69) is 64.9 Å². The van der Waals surface area contributed by atoms with E-state index in [9.17, 15) is 0 Å². The quantitative estimate of drug-likeness (QED) is 0.704. The van der Waals surface area contributed by atoms with Crippen molar-refractivity contribution < 1.29 is 0 Å². The molecule has 0 radical (unpaired) electrons. The molecule has 0 spiro atoms. The molecule has 0 bridgehead atoms. The van der Waals surface area contributed by atoms with Crippen LogP contribution in [0.3, 0.4) is 0 Å². The summed E-state index contributed by atoms with van der Waals surface area (Å²) >= 11 is 0. The molecule has 0 saturated carbocycles. The van der Waals surface area contributed by atoms with E-state index in [0.717, 1.165) is 0 Å². The first-order chi connectivity index (χ1) is 10.3. The van der Waals surface area contributed by atoms with Crippen LogP contribution in [-0.4, -0.2) is 102 Å². The number of rotatable bonds is 5. The molecule has 2 saturated heterocycles. The Kier molecular flexibility index (Phi) is 6.07. The highest BCUT2D eigenvalue weighted by molar-refractivity contribution is 6.95. The summed E-state index contributed by atoms with van der Waals surface area (Å²) in [7, 11) is 1.66. The highest BCUT2D eigenvalue weighted by Crippen LogP contribution is 2.29. The lowest BCUT2D eigenvalue weighted by atomic mass is 10.4. The molecule has 2 rings (SSSR count). The van der Waals surface area contributed by atoms with Gasteiger partial charge in [-0.25, -0.2) is 0 Å². The summed E-state index contributed by atoms with van der Waals surface area (Å²) in [5, 5.41) is 0. The normalized spacial score (nSPS) is 24.6. The third-order valence-electron chi connectivity index (χ3n) is 5.71. The maximum atomic E-state index is 4.16. The van der Waals surface area contributed by atoms with Crippen molar-refractivity contribution in [2.45, 2.75) is 25.3 Å². The minimum Gasteiger partial charge on any atom is -0.309 e. The summed E-state index contributed by atoms with van der Waals surface area (Å²) in [6.45, 7) is 21.7. The smallest absolute Gasteiger partial charge is 0.201 e. The Morgan fingerprint density at radius 2 is 1.14 bits per heavy atom. The molecular weight excluding hydrogens is 304 g/mol. The third kappa shape index (κ3) is 4.30.